The lowest BCUT2D eigenvalue weighted by Crippen LogP contribution is -2.36. The van der Waals surface area contributed by atoms with Gasteiger partial charge >= 0.3 is 0 Å². The molecule has 1 aliphatic heterocycles. The third kappa shape index (κ3) is 4.49. The second-order valence-corrected chi connectivity index (χ2v) is 6.33. The fraction of sp³-hybridized carbons (Fsp3) is 0.818. The van der Waals surface area contributed by atoms with Crippen molar-refractivity contribution in [3.05, 3.63) is 12.7 Å². The first-order chi connectivity index (χ1) is 6.51. The lowest BCUT2D eigenvalue weighted by Gasteiger charge is -2.30. The molecule has 1 rings (SSSR count). The molecule has 1 aliphatic rings. The van der Waals surface area contributed by atoms with Crippen LogP contribution in [0, 0.1) is 0 Å². The number of hydrogen-bond acceptors (Lipinski definition) is 3. The zero-order valence-electron chi connectivity index (χ0n) is 9.38. The Morgan fingerprint density at radius 1 is 1.43 bits per heavy atom. The Balaban J connectivity index is 2.27. The molecule has 0 amide bonds. The van der Waals surface area contributed by atoms with Gasteiger partial charge in [-0.15, -0.1) is 6.58 Å². The summed E-state index contributed by atoms with van der Waals surface area (Å²) in [5.74, 6) is 0. The number of ether oxygens (including phenoxy) is 1. The first-order valence-corrected chi connectivity index (χ1v) is 6.04. The zero-order chi connectivity index (χ0) is 10.6. The van der Waals surface area contributed by atoms with E-state index in [1.807, 2.05) is 6.08 Å². The van der Waals surface area contributed by atoms with E-state index in [0.717, 1.165) is 12.8 Å². The SMILES string of the molecule is C=CC1CCCC(NSC(C)(C)C)O1. The van der Waals surface area contributed by atoms with Crippen LogP contribution < -0.4 is 4.72 Å². The summed E-state index contributed by atoms with van der Waals surface area (Å²) >= 11 is 1.74. The van der Waals surface area contributed by atoms with Crippen molar-refractivity contribution in [3.63, 3.8) is 0 Å². The molecule has 1 heterocycles. The molecule has 3 heteroatoms. The minimum Gasteiger partial charge on any atom is -0.355 e. The van der Waals surface area contributed by atoms with Crippen LogP contribution in [0.3, 0.4) is 0 Å². The van der Waals surface area contributed by atoms with Crippen LogP contribution in [0.15, 0.2) is 12.7 Å². The minimum atomic E-state index is 0.191. The van der Waals surface area contributed by atoms with E-state index in [1.165, 1.54) is 6.42 Å². The van der Waals surface area contributed by atoms with Crippen molar-refractivity contribution < 1.29 is 4.74 Å². The van der Waals surface area contributed by atoms with Crippen molar-refractivity contribution in [3.8, 4) is 0 Å². The van der Waals surface area contributed by atoms with Crippen LogP contribution >= 0.6 is 11.9 Å². The van der Waals surface area contributed by atoms with Gasteiger partial charge in [-0.25, -0.2) is 4.72 Å². The number of nitrogens with one attached hydrogen (secondary N) is 1. The predicted molar refractivity (Wildman–Crippen MR) is 63.2 cm³/mol. The largest absolute Gasteiger partial charge is 0.355 e. The molecule has 0 aromatic rings. The molecule has 1 N–H and O–H groups in total. The maximum Gasteiger partial charge on any atom is 0.117 e. The molecule has 0 bridgehead atoms. The van der Waals surface area contributed by atoms with Crippen LogP contribution in [0.25, 0.3) is 0 Å². The Kier molecular flexibility index (Phi) is 4.48. The fourth-order valence-corrected chi connectivity index (χ4v) is 2.01. The Morgan fingerprint density at radius 2 is 2.14 bits per heavy atom. The van der Waals surface area contributed by atoms with Crippen LogP contribution in [0.4, 0.5) is 0 Å². The standard InChI is InChI=1S/C11H21NOS/c1-5-9-7-6-8-10(13-9)12-14-11(2,3)4/h5,9-10,12H,1,6-8H2,2-4H3. The van der Waals surface area contributed by atoms with Gasteiger partial charge in [0.25, 0.3) is 0 Å². The van der Waals surface area contributed by atoms with Crippen molar-refractivity contribution in [1.29, 1.82) is 0 Å². The second-order valence-electron chi connectivity index (χ2n) is 4.66. The predicted octanol–water partition coefficient (Wildman–Crippen LogP) is 3.10. The van der Waals surface area contributed by atoms with E-state index in [2.05, 4.69) is 32.1 Å². The first kappa shape index (κ1) is 12.1. The molecule has 0 radical (unpaired) electrons. The highest BCUT2D eigenvalue weighted by Crippen LogP contribution is 2.24. The van der Waals surface area contributed by atoms with Crippen LogP contribution in [-0.4, -0.2) is 17.1 Å². The smallest absolute Gasteiger partial charge is 0.117 e. The summed E-state index contributed by atoms with van der Waals surface area (Å²) in [5, 5.41) is 0. The highest BCUT2D eigenvalue weighted by atomic mass is 32.2. The minimum absolute atomic E-state index is 0.191. The van der Waals surface area contributed by atoms with Gasteiger partial charge in [-0.05, 0) is 40.0 Å². The van der Waals surface area contributed by atoms with Gasteiger partial charge in [-0.2, -0.15) is 0 Å². The lowest BCUT2D eigenvalue weighted by molar-refractivity contribution is -0.0291. The van der Waals surface area contributed by atoms with E-state index >= 15 is 0 Å². The second kappa shape index (κ2) is 5.19. The van der Waals surface area contributed by atoms with E-state index in [9.17, 15) is 0 Å². The molecule has 0 aromatic heterocycles. The van der Waals surface area contributed by atoms with Crippen LogP contribution in [0.2, 0.25) is 0 Å². The molecule has 2 atom stereocenters. The molecule has 1 saturated heterocycles. The maximum absolute atomic E-state index is 5.78. The topological polar surface area (TPSA) is 21.3 Å². The molecule has 14 heavy (non-hydrogen) atoms. The van der Waals surface area contributed by atoms with Crippen molar-refractivity contribution in [2.24, 2.45) is 0 Å². The van der Waals surface area contributed by atoms with Gasteiger partial charge in [0.15, 0.2) is 0 Å². The van der Waals surface area contributed by atoms with Gasteiger partial charge in [0.05, 0.1) is 6.10 Å². The van der Waals surface area contributed by atoms with Crippen LogP contribution in [0.5, 0.6) is 0 Å². The third-order valence-corrected chi connectivity index (χ3v) is 3.05. The lowest BCUT2D eigenvalue weighted by atomic mass is 10.1. The van der Waals surface area contributed by atoms with Crippen LogP contribution in [-0.2, 0) is 4.74 Å². The highest BCUT2D eigenvalue weighted by molar-refractivity contribution is 7.98. The molecule has 0 spiro atoms. The Labute approximate surface area is 91.6 Å². The summed E-state index contributed by atoms with van der Waals surface area (Å²) < 4.78 is 9.39. The van der Waals surface area contributed by atoms with Crippen molar-refractivity contribution in [1.82, 2.24) is 4.72 Å². The zero-order valence-corrected chi connectivity index (χ0v) is 10.2. The van der Waals surface area contributed by atoms with Gasteiger partial charge in [-0.3, -0.25) is 0 Å². The quantitative estimate of drug-likeness (QED) is 0.577. The van der Waals surface area contributed by atoms with Gasteiger partial charge in [0, 0.05) is 4.75 Å². The van der Waals surface area contributed by atoms with Crippen LogP contribution in [0.1, 0.15) is 40.0 Å². The number of rotatable bonds is 3. The summed E-state index contributed by atoms with van der Waals surface area (Å²) in [5.41, 5.74) is 0. The first-order valence-electron chi connectivity index (χ1n) is 5.23. The molecular weight excluding hydrogens is 194 g/mol. The van der Waals surface area contributed by atoms with E-state index in [0.29, 0.717) is 0 Å². The van der Waals surface area contributed by atoms with E-state index in [1.54, 1.807) is 11.9 Å². The molecule has 1 fully saturated rings. The summed E-state index contributed by atoms with van der Waals surface area (Å²) in [6, 6.07) is 0. The molecule has 2 nitrogen and oxygen atoms in total. The average molecular weight is 215 g/mol. The summed E-state index contributed by atoms with van der Waals surface area (Å²) in [4.78, 5) is 0. The maximum atomic E-state index is 5.78. The average Bonchev–Trinajstić information content (AvgIpc) is 2.14. The summed E-state index contributed by atoms with van der Waals surface area (Å²) in [6.45, 7) is 10.3. The molecule has 2 unspecified atom stereocenters. The van der Waals surface area contributed by atoms with Gasteiger partial charge < -0.3 is 4.74 Å². The highest BCUT2D eigenvalue weighted by Gasteiger charge is 2.21. The Morgan fingerprint density at radius 3 is 2.71 bits per heavy atom. The van der Waals surface area contributed by atoms with Gasteiger partial charge in [0.2, 0.25) is 0 Å². The normalized spacial score (nSPS) is 28.8. The summed E-state index contributed by atoms with van der Waals surface area (Å²) in [7, 11) is 0. The van der Waals surface area contributed by atoms with Crippen molar-refractivity contribution in [2.75, 3.05) is 0 Å². The molecule has 0 aliphatic carbocycles. The molecule has 82 valence electrons. The fourth-order valence-electron chi connectivity index (χ4n) is 1.35. The van der Waals surface area contributed by atoms with Gasteiger partial charge in [0.1, 0.15) is 6.23 Å². The van der Waals surface area contributed by atoms with E-state index < -0.39 is 0 Å². The Hall–Kier alpha value is 0.01000. The summed E-state index contributed by atoms with van der Waals surface area (Å²) in [6.07, 6.45) is 5.77. The monoisotopic (exact) mass is 215 g/mol. The van der Waals surface area contributed by atoms with Crippen molar-refractivity contribution in [2.45, 2.75) is 57.1 Å². The van der Waals surface area contributed by atoms with E-state index in [4.69, 9.17) is 4.74 Å². The molecule has 0 saturated carbocycles. The molecule has 0 aromatic carbocycles. The number of hydrogen-bond donors (Lipinski definition) is 1. The Bertz CT molecular complexity index is 188. The van der Waals surface area contributed by atoms with Gasteiger partial charge in [-0.1, -0.05) is 18.0 Å². The third-order valence-electron chi connectivity index (χ3n) is 2.05. The molecular formula is C11H21NOS. The van der Waals surface area contributed by atoms with E-state index in [-0.39, 0.29) is 17.1 Å². The van der Waals surface area contributed by atoms with Crippen molar-refractivity contribution >= 4 is 11.9 Å².